The molecule has 9 rings (SSSR count). The lowest BCUT2D eigenvalue weighted by Gasteiger charge is -2.42. The molecule has 2 aliphatic heterocycles. The van der Waals surface area contributed by atoms with Crippen molar-refractivity contribution in [2.24, 2.45) is 0 Å². The molecule has 0 bridgehead atoms. The number of nitrogens with zero attached hydrogens (tertiary/aromatic N) is 2. The van der Waals surface area contributed by atoms with E-state index in [1.54, 1.807) is 0 Å². The second kappa shape index (κ2) is 6.87. The topological polar surface area (TPSA) is 8.17 Å². The standard InChI is InChI=1S/C35H25BN2/c1-35(2)26-17-8-6-15-25(26)33-34(35)36-27-18-10-16-24-23-14-7-9-19-28(23)38(32(24)27)30-21-11-20-29(31(30)36)37(33)22-12-4-3-5-13-22/h3-21H,1-2H3. The minimum absolute atomic E-state index is 0.106. The van der Waals surface area contributed by atoms with Crippen LogP contribution in [0.2, 0.25) is 0 Å². The average molecular weight is 484 g/mol. The molecular weight excluding hydrogens is 459 g/mol. The Labute approximate surface area is 222 Å². The maximum absolute atomic E-state index is 2.54. The summed E-state index contributed by atoms with van der Waals surface area (Å²) in [6.07, 6.45) is 0. The third-order valence-corrected chi connectivity index (χ3v) is 9.18. The maximum atomic E-state index is 2.54. The van der Waals surface area contributed by atoms with E-state index in [0.29, 0.717) is 0 Å². The van der Waals surface area contributed by atoms with E-state index in [0.717, 1.165) is 0 Å². The summed E-state index contributed by atoms with van der Waals surface area (Å²) in [6, 6.07) is 42.7. The van der Waals surface area contributed by atoms with Crippen molar-refractivity contribution in [2.45, 2.75) is 19.3 Å². The van der Waals surface area contributed by atoms with Gasteiger partial charge in [-0.1, -0.05) is 104 Å². The molecule has 0 N–H and O–H groups in total. The molecule has 0 unspecified atom stereocenters. The third-order valence-electron chi connectivity index (χ3n) is 9.18. The van der Waals surface area contributed by atoms with Gasteiger partial charge in [-0.25, -0.2) is 0 Å². The normalized spacial score (nSPS) is 16.2. The van der Waals surface area contributed by atoms with Crippen LogP contribution in [0.3, 0.4) is 0 Å². The summed E-state index contributed by atoms with van der Waals surface area (Å²) in [5, 5.41) is 2.67. The molecule has 0 saturated heterocycles. The fourth-order valence-electron chi connectivity index (χ4n) is 7.74. The fraction of sp³-hybridized carbons (Fsp3) is 0.0857. The summed E-state index contributed by atoms with van der Waals surface area (Å²) in [5.74, 6) is 0. The van der Waals surface area contributed by atoms with Crippen molar-refractivity contribution in [3.63, 3.8) is 0 Å². The van der Waals surface area contributed by atoms with Gasteiger partial charge >= 0.3 is 0 Å². The molecule has 0 saturated carbocycles. The Morgan fingerprint density at radius 2 is 1.34 bits per heavy atom. The minimum Gasteiger partial charge on any atom is -0.311 e. The van der Waals surface area contributed by atoms with E-state index in [-0.39, 0.29) is 12.1 Å². The van der Waals surface area contributed by atoms with Gasteiger partial charge < -0.3 is 9.47 Å². The molecule has 3 heteroatoms. The monoisotopic (exact) mass is 484 g/mol. The van der Waals surface area contributed by atoms with Gasteiger partial charge in [-0.2, -0.15) is 0 Å². The van der Waals surface area contributed by atoms with E-state index < -0.39 is 0 Å². The molecule has 0 fully saturated rings. The number of anilines is 2. The van der Waals surface area contributed by atoms with Crippen LogP contribution in [0.25, 0.3) is 33.2 Å². The highest BCUT2D eigenvalue weighted by Gasteiger charge is 2.51. The predicted octanol–water partition coefficient (Wildman–Crippen LogP) is 7.10. The van der Waals surface area contributed by atoms with Crippen molar-refractivity contribution in [3.8, 4) is 5.69 Å². The van der Waals surface area contributed by atoms with Crippen molar-refractivity contribution in [2.75, 3.05) is 4.90 Å². The first-order chi connectivity index (χ1) is 18.7. The molecule has 1 aliphatic carbocycles. The Hall–Kier alpha value is -4.50. The minimum atomic E-state index is -0.106. The quantitative estimate of drug-likeness (QED) is 0.226. The van der Waals surface area contributed by atoms with E-state index in [4.69, 9.17) is 0 Å². The van der Waals surface area contributed by atoms with Crippen LogP contribution in [0.5, 0.6) is 0 Å². The van der Waals surface area contributed by atoms with Crippen LogP contribution in [0.4, 0.5) is 11.4 Å². The summed E-state index contributed by atoms with van der Waals surface area (Å²) in [7, 11) is 0. The number of fused-ring (bicyclic) bond motifs is 8. The first kappa shape index (κ1) is 20.5. The summed E-state index contributed by atoms with van der Waals surface area (Å²) < 4.78 is 2.53. The molecule has 0 atom stereocenters. The molecule has 0 spiro atoms. The van der Waals surface area contributed by atoms with Crippen LogP contribution in [-0.2, 0) is 5.41 Å². The molecule has 0 radical (unpaired) electrons. The summed E-state index contributed by atoms with van der Waals surface area (Å²) in [4.78, 5) is 2.54. The lowest BCUT2D eigenvalue weighted by Crippen LogP contribution is -2.56. The smallest absolute Gasteiger partial charge is 0.248 e. The highest BCUT2D eigenvalue weighted by atomic mass is 15.2. The second-order valence-corrected chi connectivity index (χ2v) is 11.3. The Morgan fingerprint density at radius 3 is 2.24 bits per heavy atom. The Kier molecular flexibility index (Phi) is 3.72. The number of aromatic nitrogens is 1. The predicted molar refractivity (Wildman–Crippen MR) is 161 cm³/mol. The molecule has 1 aromatic heterocycles. The Bertz CT molecular complexity index is 2010. The van der Waals surface area contributed by atoms with Gasteiger partial charge in [-0.15, -0.1) is 0 Å². The van der Waals surface area contributed by atoms with Crippen LogP contribution in [0, 0.1) is 0 Å². The summed E-state index contributed by atoms with van der Waals surface area (Å²) in [5.41, 5.74) is 14.8. The Balaban J connectivity index is 1.50. The number of hydrogen-bond acceptors (Lipinski definition) is 1. The van der Waals surface area contributed by atoms with Gasteiger partial charge in [0.25, 0.3) is 0 Å². The number of allylic oxidation sites excluding steroid dienone is 1. The van der Waals surface area contributed by atoms with Crippen molar-refractivity contribution in [1.82, 2.24) is 4.57 Å². The number of para-hydroxylation sites is 3. The van der Waals surface area contributed by atoms with Crippen molar-refractivity contribution in [3.05, 3.63) is 132 Å². The summed E-state index contributed by atoms with van der Waals surface area (Å²) >= 11 is 0. The summed E-state index contributed by atoms with van der Waals surface area (Å²) in [6.45, 7) is 5.05. The first-order valence-corrected chi connectivity index (χ1v) is 13.5. The van der Waals surface area contributed by atoms with Crippen LogP contribution < -0.4 is 15.8 Å². The Morgan fingerprint density at radius 1 is 0.632 bits per heavy atom. The van der Waals surface area contributed by atoms with Crippen LogP contribution in [0.1, 0.15) is 25.0 Å². The van der Waals surface area contributed by atoms with E-state index in [1.165, 1.54) is 72.1 Å². The molecule has 6 aromatic rings. The highest BCUT2D eigenvalue weighted by Crippen LogP contribution is 2.54. The molecular formula is C35H25BN2. The van der Waals surface area contributed by atoms with Crippen LogP contribution in [0.15, 0.2) is 121 Å². The molecule has 3 aliphatic rings. The molecule has 3 heterocycles. The van der Waals surface area contributed by atoms with Crippen LogP contribution >= 0.6 is 0 Å². The second-order valence-electron chi connectivity index (χ2n) is 11.3. The van der Waals surface area contributed by atoms with E-state index in [2.05, 4.69) is 139 Å². The van der Waals surface area contributed by atoms with E-state index >= 15 is 0 Å². The molecule has 38 heavy (non-hydrogen) atoms. The van der Waals surface area contributed by atoms with Gasteiger partial charge in [0.1, 0.15) is 0 Å². The van der Waals surface area contributed by atoms with Crippen molar-refractivity contribution >= 4 is 56.5 Å². The van der Waals surface area contributed by atoms with Crippen molar-refractivity contribution < 1.29 is 0 Å². The average Bonchev–Trinajstić information content (AvgIpc) is 3.42. The number of hydrogen-bond donors (Lipinski definition) is 0. The lowest BCUT2D eigenvalue weighted by molar-refractivity contribution is 0.666. The maximum Gasteiger partial charge on any atom is 0.248 e. The zero-order valence-corrected chi connectivity index (χ0v) is 21.4. The first-order valence-electron chi connectivity index (χ1n) is 13.5. The van der Waals surface area contributed by atoms with Gasteiger partial charge in [-0.05, 0) is 46.8 Å². The van der Waals surface area contributed by atoms with Gasteiger partial charge in [0.15, 0.2) is 0 Å². The largest absolute Gasteiger partial charge is 0.311 e. The zero-order valence-electron chi connectivity index (χ0n) is 21.4. The molecule has 0 amide bonds. The van der Waals surface area contributed by atoms with E-state index in [9.17, 15) is 0 Å². The van der Waals surface area contributed by atoms with E-state index in [1.807, 2.05) is 0 Å². The SMILES string of the molecule is CC1(C)C2=C(c3ccccc31)N(c1ccccc1)c1cccc3c1B2c1cccc2c4ccccc4n-3c12. The van der Waals surface area contributed by atoms with Gasteiger partial charge in [0, 0.05) is 50.0 Å². The van der Waals surface area contributed by atoms with Crippen LogP contribution in [-0.4, -0.2) is 11.3 Å². The fourth-order valence-corrected chi connectivity index (χ4v) is 7.74. The lowest BCUT2D eigenvalue weighted by atomic mass is 9.30. The molecule has 178 valence electrons. The van der Waals surface area contributed by atoms with Gasteiger partial charge in [0.2, 0.25) is 6.71 Å². The number of rotatable bonds is 1. The highest BCUT2D eigenvalue weighted by molar-refractivity contribution is 6.96. The van der Waals surface area contributed by atoms with Gasteiger partial charge in [-0.3, -0.25) is 0 Å². The van der Waals surface area contributed by atoms with Crippen molar-refractivity contribution in [1.29, 1.82) is 0 Å². The molecule has 2 nitrogen and oxygen atoms in total. The van der Waals surface area contributed by atoms with Gasteiger partial charge in [0.05, 0.1) is 5.52 Å². The zero-order chi connectivity index (χ0) is 25.2. The third kappa shape index (κ3) is 2.28. The number of benzene rings is 5. The molecule has 5 aromatic carbocycles.